The molecule has 0 radical (unpaired) electrons. The molecule has 3 N–H and O–H groups in total. The first kappa shape index (κ1) is 15.8. The van der Waals surface area contributed by atoms with Crippen molar-refractivity contribution in [2.24, 2.45) is 5.84 Å². The molecule has 0 aliphatic heterocycles. The molecule has 0 aliphatic carbocycles. The Morgan fingerprint density at radius 1 is 1.29 bits per heavy atom. The van der Waals surface area contributed by atoms with Crippen molar-refractivity contribution in [2.45, 2.75) is 19.8 Å². The topological polar surface area (TPSA) is 87.9 Å². The van der Waals surface area contributed by atoms with Gasteiger partial charge in [-0.2, -0.15) is 0 Å². The zero-order chi connectivity index (χ0) is 13.3. The van der Waals surface area contributed by atoms with Crippen molar-refractivity contribution in [3.05, 3.63) is 0 Å². The Morgan fingerprint density at radius 2 is 1.94 bits per heavy atom. The molecule has 0 fully saturated rings. The van der Waals surface area contributed by atoms with E-state index in [1.54, 1.807) is 14.1 Å². The van der Waals surface area contributed by atoms with Gasteiger partial charge in [-0.25, -0.2) is 5.84 Å². The van der Waals surface area contributed by atoms with Crippen LogP contribution in [0.4, 0.5) is 0 Å². The Labute approximate surface area is 102 Å². The van der Waals surface area contributed by atoms with E-state index in [0.29, 0.717) is 13.1 Å². The van der Waals surface area contributed by atoms with Gasteiger partial charge in [-0.1, -0.05) is 12.5 Å². The summed E-state index contributed by atoms with van der Waals surface area (Å²) in [6, 6.07) is 0. The third-order valence-electron chi connectivity index (χ3n) is 2.20. The molecule has 0 saturated carbocycles. The minimum Gasteiger partial charge on any atom is -0.356 e. The van der Waals surface area contributed by atoms with Gasteiger partial charge >= 0.3 is 5.97 Å². The first-order valence-electron chi connectivity index (χ1n) is 5.59. The fourth-order valence-electron chi connectivity index (χ4n) is 1.29. The molecule has 0 saturated heterocycles. The highest BCUT2D eigenvalue weighted by Gasteiger charge is 2.13. The Balaban J connectivity index is 4.06. The van der Waals surface area contributed by atoms with Gasteiger partial charge < -0.3 is 9.74 Å². The monoisotopic (exact) mass is 246 g/mol. The summed E-state index contributed by atoms with van der Waals surface area (Å²) in [6.45, 7) is 3.58. The molecule has 7 heteroatoms. The van der Waals surface area contributed by atoms with E-state index in [1.165, 1.54) is 4.90 Å². The summed E-state index contributed by atoms with van der Waals surface area (Å²) >= 11 is 0. The van der Waals surface area contributed by atoms with Crippen LogP contribution in [0, 0.1) is 0 Å². The van der Waals surface area contributed by atoms with E-state index in [2.05, 4.69) is 4.84 Å². The van der Waals surface area contributed by atoms with Crippen LogP contribution in [0.25, 0.3) is 0 Å². The van der Waals surface area contributed by atoms with E-state index in [9.17, 15) is 9.59 Å². The van der Waals surface area contributed by atoms with Crippen LogP contribution in [0.2, 0.25) is 0 Å². The molecule has 0 heterocycles. The lowest BCUT2D eigenvalue weighted by Crippen LogP contribution is -2.38. The number of likely N-dealkylation sites (N-methyl/N-ethyl adjacent to an activating group) is 1. The molecule has 0 unspecified atom stereocenters. The van der Waals surface area contributed by atoms with Crippen molar-refractivity contribution < 1.29 is 14.4 Å². The van der Waals surface area contributed by atoms with Crippen LogP contribution in [-0.2, 0) is 14.4 Å². The van der Waals surface area contributed by atoms with E-state index in [-0.39, 0.29) is 12.3 Å². The first-order chi connectivity index (χ1) is 8.01. The maximum absolute atomic E-state index is 11.5. The zero-order valence-corrected chi connectivity index (χ0v) is 10.7. The van der Waals surface area contributed by atoms with Crippen LogP contribution in [0.1, 0.15) is 19.8 Å². The molecule has 100 valence electrons. The number of rotatable bonds is 8. The molecule has 0 spiro atoms. The number of nitrogens with one attached hydrogen (secondary N) is 1. The number of nitrogens with zero attached hydrogens (tertiary/aromatic N) is 2. The van der Waals surface area contributed by atoms with E-state index in [1.807, 2.05) is 17.4 Å². The van der Waals surface area contributed by atoms with E-state index < -0.39 is 5.97 Å². The Kier molecular flexibility index (Phi) is 8.29. The number of hydrogen-bond donors (Lipinski definition) is 2. The zero-order valence-electron chi connectivity index (χ0n) is 10.7. The van der Waals surface area contributed by atoms with Crippen LogP contribution in [0.3, 0.4) is 0 Å². The normalized spacial score (nSPS) is 10.4. The van der Waals surface area contributed by atoms with Gasteiger partial charge in [0.15, 0.2) is 0 Å². The summed E-state index contributed by atoms with van der Waals surface area (Å²) < 4.78 is 0. The van der Waals surface area contributed by atoms with Gasteiger partial charge in [0.2, 0.25) is 5.91 Å². The maximum atomic E-state index is 11.5. The maximum Gasteiger partial charge on any atom is 0.327 e. The van der Waals surface area contributed by atoms with Gasteiger partial charge in [0, 0.05) is 20.6 Å². The van der Waals surface area contributed by atoms with Gasteiger partial charge in [0.25, 0.3) is 0 Å². The standard InChI is InChI=1S/C10H22N4O3/c1-4-6-14(8-9(15)13(2)3)7-5-10(16)17-12-11/h12H,4-8,11H2,1-3H3. The lowest BCUT2D eigenvalue weighted by molar-refractivity contribution is -0.151. The second-order valence-corrected chi connectivity index (χ2v) is 3.91. The lowest BCUT2D eigenvalue weighted by Gasteiger charge is -2.22. The minimum absolute atomic E-state index is 0.0174. The predicted octanol–water partition coefficient (Wildman–Crippen LogP) is -0.902. The van der Waals surface area contributed by atoms with E-state index >= 15 is 0 Å². The van der Waals surface area contributed by atoms with Crippen LogP contribution in [0.5, 0.6) is 0 Å². The molecule has 0 bridgehead atoms. The summed E-state index contributed by atoms with van der Waals surface area (Å²) in [5, 5.41) is 0. The number of nitrogens with two attached hydrogens (primary N) is 1. The molecule has 0 aromatic rings. The van der Waals surface area contributed by atoms with Crippen LogP contribution >= 0.6 is 0 Å². The Hall–Kier alpha value is -1.18. The number of carbonyl (C=O) groups excluding carboxylic acids is 2. The fraction of sp³-hybridized carbons (Fsp3) is 0.800. The second kappa shape index (κ2) is 8.91. The second-order valence-electron chi connectivity index (χ2n) is 3.91. The number of amides is 1. The Morgan fingerprint density at radius 3 is 2.41 bits per heavy atom. The Bertz CT molecular complexity index is 246. The third kappa shape index (κ3) is 7.67. The first-order valence-corrected chi connectivity index (χ1v) is 5.59. The molecule has 0 rings (SSSR count). The summed E-state index contributed by atoms with van der Waals surface area (Å²) in [5.74, 6) is 4.43. The summed E-state index contributed by atoms with van der Waals surface area (Å²) in [5.41, 5.74) is 1.84. The molecule has 0 aromatic heterocycles. The summed E-state index contributed by atoms with van der Waals surface area (Å²) in [4.78, 5) is 30.5. The lowest BCUT2D eigenvalue weighted by atomic mass is 10.3. The SMILES string of the molecule is CCCN(CCC(=O)ONN)CC(=O)N(C)C. The molecule has 17 heavy (non-hydrogen) atoms. The highest BCUT2D eigenvalue weighted by Crippen LogP contribution is 1.97. The van der Waals surface area contributed by atoms with Crippen molar-refractivity contribution in [3.8, 4) is 0 Å². The average molecular weight is 246 g/mol. The van der Waals surface area contributed by atoms with Crippen molar-refractivity contribution in [3.63, 3.8) is 0 Å². The van der Waals surface area contributed by atoms with Gasteiger partial charge in [-0.05, 0) is 13.0 Å². The number of hydrogen-bond acceptors (Lipinski definition) is 6. The van der Waals surface area contributed by atoms with Crippen molar-refractivity contribution in [1.29, 1.82) is 0 Å². The van der Waals surface area contributed by atoms with Crippen molar-refractivity contribution in [1.82, 2.24) is 15.4 Å². The number of hydrazine groups is 1. The minimum atomic E-state index is -0.439. The van der Waals surface area contributed by atoms with Crippen LogP contribution in [-0.4, -0.2) is 55.4 Å². The predicted molar refractivity (Wildman–Crippen MR) is 63.5 cm³/mol. The highest BCUT2D eigenvalue weighted by atomic mass is 16.7. The smallest absolute Gasteiger partial charge is 0.327 e. The molecule has 0 aliphatic rings. The highest BCUT2D eigenvalue weighted by molar-refractivity contribution is 5.77. The van der Waals surface area contributed by atoms with Crippen molar-refractivity contribution >= 4 is 11.9 Å². The molecule has 1 amide bonds. The van der Waals surface area contributed by atoms with E-state index in [4.69, 9.17) is 5.84 Å². The number of carbonyl (C=O) groups is 2. The largest absolute Gasteiger partial charge is 0.356 e. The molecule has 7 nitrogen and oxygen atoms in total. The van der Waals surface area contributed by atoms with Crippen molar-refractivity contribution in [2.75, 3.05) is 33.7 Å². The molecule has 0 atom stereocenters. The van der Waals surface area contributed by atoms with Gasteiger partial charge in [-0.15, -0.1) is 0 Å². The van der Waals surface area contributed by atoms with Crippen LogP contribution in [0.15, 0.2) is 0 Å². The fourth-order valence-corrected chi connectivity index (χ4v) is 1.29. The molecule has 0 aromatic carbocycles. The summed E-state index contributed by atoms with van der Waals surface area (Å²) in [6.07, 6.45) is 1.12. The van der Waals surface area contributed by atoms with Crippen LogP contribution < -0.4 is 11.4 Å². The molecular weight excluding hydrogens is 224 g/mol. The average Bonchev–Trinajstić information content (AvgIpc) is 2.26. The molecular formula is C10H22N4O3. The quantitative estimate of drug-likeness (QED) is 0.426. The van der Waals surface area contributed by atoms with Gasteiger partial charge in [0.1, 0.15) is 0 Å². The van der Waals surface area contributed by atoms with E-state index in [0.717, 1.165) is 13.0 Å². The summed E-state index contributed by atoms with van der Waals surface area (Å²) in [7, 11) is 3.41. The van der Waals surface area contributed by atoms with Gasteiger partial charge in [0.05, 0.1) is 13.0 Å². The third-order valence-corrected chi connectivity index (χ3v) is 2.20. The van der Waals surface area contributed by atoms with Gasteiger partial charge in [-0.3, -0.25) is 14.5 Å².